The van der Waals surface area contributed by atoms with Crippen molar-refractivity contribution < 1.29 is 15.0 Å². The lowest BCUT2D eigenvalue weighted by Crippen LogP contribution is -2.37. The first-order valence-electron chi connectivity index (χ1n) is 3.04. The number of aliphatic hydroxyl groups is 1. The Hall–Kier alpha value is -1.29. The van der Waals surface area contributed by atoms with Crippen molar-refractivity contribution in [2.45, 2.75) is 6.23 Å². The summed E-state index contributed by atoms with van der Waals surface area (Å²) in [4.78, 5) is 11.2. The van der Waals surface area contributed by atoms with Gasteiger partial charge in [-0.25, -0.2) is 4.79 Å². The zero-order chi connectivity index (χ0) is 8.85. The molecule has 0 aliphatic carbocycles. The number of hydrogen-bond acceptors (Lipinski definition) is 2. The van der Waals surface area contributed by atoms with Gasteiger partial charge in [0, 0.05) is 6.54 Å². The first kappa shape index (κ1) is 9.71. The smallest absolute Gasteiger partial charge is 0.409 e. The fraction of sp³-hybridized carbons (Fsp3) is 0.286. The summed E-state index contributed by atoms with van der Waals surface area (Å²) in [6.07, 6.45) is 0.168. The Labute approximate surface area is 65.1 Å². The van der Waals surface area contributed by atoms with Crippen LogP contribution in [0.25, 0.3) is 0 Å². The molecule has 0 radical (unpaired) electrons. The van der Waals surface area contributed by atoms with E-state index in [-0.39, 0.29) is 6.54 Å². The second-order valence-corrected chi connectivity index (χ2v) is 1.87. The van der Waals surface area contributed by atoms with Gasteiger partial charge in [-0.15, -0.1) is 6.58 Å². The average molecular weight is 157 g/mol. The van der Waals surface area contributed by atoms with Crippen molar-refractivity contribution in [1.29, 1.82) is 0 Å². The Kier molecular flexibility index (Phi) is 3.98. The summed E-state index contributed by atoms with van der Waals surface area (Å²) in [6.45, 7) is 6.69. The van der Waals surface area contributed by atoms with Crippen molar-refractivity contribution in [2.24, 2.45) is 0 Å². The van der Waals surface area contributed by atoms with E-state index >= 15 is 0 Å². The highest BCUT2D eigenvalue weighted by atomic mass is 16.4. The highest BCUT2D eigenvalue weighted by Crippen LogP contribution is 1.97. The van der Waals surface area contributed by atoms with Gasteiger partial charge in [-0.1, -0.05) is 12.7 Å². The Balaban J connectivity index is 4.19. The number of amides is 1. The van der Waals surface area contributed by atoms with Crippen LogP contribution in [-0.2, 0) is 0 Å². The molecule has 0 rings (SSSR count). The van der Waals surface area contributed by atoms with Gasteiger partial charge in [0.1, 0.15) is 0 Å². The molecule has 0 aromatic rings. The normalized spacial score (nSPS) is 11.7. The van der Waals surface area contributed by atoms with Crippen molar-refractivity contribution in [2.75, 3.05) is 6.54 Å². The van der Waals surface area contributed by atoms with Gasteiger partial charge in [-0.3, -0.25) is 4.90 Å². The van der Waals surface area contributed by atoms with E-state index in [1.807, 2.05) is 0 Å². The molecule has 0 bridgehead atoms. The number of rotatable bonds is 4. The first-order valence-corrected chi connectivity index (χ1v) is 3.04. The quantitative estimate of drug-likeness (QED) is 0.465. The van der Waals surface area contributed by atoms with Crippen LogP contribution in [0.3, 0.4) is 0 Å². The Bertz CT molecular complexity index is 167. The van der Waals surface area contributed by atoms with Gasteiger partial charge in [-0.2, -0.15) is 0 Å². The standard InChI is InChI=1S/C7H11NO3/c1-3-5-8(7(10)11)6(9)4-2/h3-4,6,9H,1-2,5H2,(H,10,11). The molecule has 0 heterocycles. The molecule has 2 N–H and O–H groups in total. The SMILES string of the molecule is C=CCN(C(=O)O)C(O)C=C. The molecular formula is C7H11NO3. The molecule has 0 fully saturated rings. The van der Waals surface area contributed by atoms with E-state index in [2.05, 4.69) is 13.2 Å². The molecule has 11 heavy (non-hydrogen) atoms. The molecule has 1 unspecified atom stereocenters. The summed E-state index contributed by atoms with van der Waals surface area (Å²) >= 11 is 0. The maximum atomic E-state index is 10.4. The summed E-state index contributed by atoms with van der Waals surface area (Å²) in [7, 11) is 0. The van der Waals surface area contributed by atoms with Gasteiger partial charge < -0.3 is 10.2 Å². The lowest BCUT2D eigenvalue weighted by atomic mass is 10.4. The van der Waals surface area contributed by atoms with Crippen LogP contribution in [-0.4, -0.2) is 34.0 Å². The minimum Gasteiger partial charge on any atom is -0.465 e. The fourth-order valence-corrected chi connectivity index (χ4v) is 0.566. The zero-order valence-corrected chi connectivity index (χ0v) is 6.10. The molecule has 62 valence electrons. The van der Waals surface area contributed by atoms with E-state index in [1.54, 1.807) is 0 Å². The van der Waals surface area contributed by atoms with Gasteiger partial charge in [0.25, 0.3) is 0 Å². The van der Waals surface area contributed by atoms with Gasteiger partial charge in [-0.05, 0) is 6.08 Å². The molecule has 0 saturated carbocycles. The van der Waals surface area contributed by atoms with Crippen molar-refractivity contribution >= 4 is 6.09 Å². The number of carboxylic acid groups (broad SMARTS) is 1. The van der Waals surface area contributed by atoms with E-state index in [9.17, 15) is 4.79 Å². The predicted octanol–water partition coefficient (Wildman–Crippen LogP) is 0.657. The third kappa shape index (κ3) is 2.86. The number of hydrogen-bond donors (Lipinski definition) is 2. The van der Waals surface area contributed by atoms with Crippen molar-refractivity contribution in [1.82, 2.24) is 4.90 Å². The van der Waals surface area contributed by atoms with E-state index < -0.39 is 12.3 Å². The van der Waals surface area contributed by atoms with Crippen LogP contribution < -0.4 is 0 Å². The van der Waals surface area contributed by atoms with Crippen molar-refractivity contribution in [3.63, 3.8) is 0 Å². The molecule has 0 aromatic carbocycles. The zero-order valence-electron chi connectivity index (χ0n) is 6.10. The predicted molar refractivity (Wildman–Crippen MR) is 41.1 cm³/mol. The van der Waals surface area contributed by atoms with Gasteiger partial charge in [0.2, 0.25) is 0 Å². The molecule has 0 aliphatic rings. The summed E-state index contributed by atoms with van der Waals surface area (Å²) in [5.74, 6) is 0. The van der Waals surface area contributed by atoms with E-state index in [0.29, 0.717) is 0 Å². The van der Waals surface area contributed by atoms with Gasteiger partial charge in [0.05, 0.1) is 0 Å². The fourth-order valence-electron chi connectivity index (χ4n) is 0.566. The van der Waals surface area contributed by atoms with Crippen LogP contribution in [0.5, 0.6) is 0 Å². The lowest BCUT2D eigenvalue weighted by Gasteiger charge is -2.20. The number of nitrogens with zero attached hydrogens (tertiary/aromatic N) is 1. The van der Waals surface area contributed by atoms with E-state index in [0.717, 1.165) is 11.0 Å². The molecule has 0 saturated heterocycles. The van der Waals surface area contributed by atoms with Crippen LogP contribution in [0.4, 0.5) is 4.79 Å². The minimum absolute atomic E-state index is 0.0858. The van der Waals surface area contributed by atoms with Crippen molar-refractivity contribution in [3.8, 4) is 0 Å². The maximum Gasteiger partial charge on any atom is 0.409 e. The van der Waals surface area contributed by atoms with E-state index in [1.165, 1.54) is 6.08 Å². The molecule has 0 spiro atoms. The first-order chi connectivity index (χ1) is 5.13. The summed E-state index contributed by atoms with van der Waals surface area (Å²) in [5.41, 5.74) is 0. The average Bonchev–Trinajstić information content (AvgIpc) is 1.98. The number of aliphatic hydroxyl groups excluding tert-OH is 1. The minimum atomic E-state index is -1.20. The number of carbonyl (C=O) groups is 1. The Morgan fingerprint density at radius 1 is 1.64 bits per heavy atom. The molecule has 4 nitrogen and oxygen atoms in total. The topological polar surface area (TPSA) is 60.8 Å². The van der Waals surface area contributed by atoms with Crippen molar-refractivity contribution in [3.05, 3.63) is 25.3 Å². The third-order valence-corrected chi connectivity index (χ3v) is 1.10. The summed E-state index contributed by atoms with van der Waals surface area (Å²) in [6, 6.07) is 0. The van der Waals surface area contributed by atoms with Crippen LogP contribution >= 0.6 is 0 Å². The third-order valence-electron chi connectivity index (χ3n) is 1.10. The molecule has 1 amide bonds. The van der Waals surface area contributed by atoms with E-state index in [4.69, 9.17) is 10.2 Å². The molecular weight excluding hydrogens is 146 g/mol. The largest absolute Gasteiger partial charge is 0.465 e. The Morgan fingerprint density at radius 2 is 2.18 bits per heavy atom. The highest BCUT2D eigenvalue weighted by molar-refractivity contribution is 5.65. The van der Waals surface area contributed by atoms with Crippen LogP contribution in [0.2, 0.25) is 0 Å². The Morgan fingerprint density at radius 3 is 2.45 bits per heavy atom. The highest BCUT2D eigenvalue weighted by Gasteiger charge is 2.15. The van der Waals surface area contributed by atoms with Crippen LogP contribution in [0, 0.1) is 0 Å². The molecule has 1 atom stereocenters. The maximum absolute atomic E-state index is 10.4. The monoisotopic (exact) mass is 157 g/mol. The molecule has 0 aliphatic heterocycles. The van der Waals surface area contributed by atoms with Gasteiger partial charge in [0.15, 0.2) is 6.23 Å². The molecule has 4 heteroatoms. The summed E-state index contributed by atoms with van der Waals surface area (Å²) in [5, 5.41) is 17.5. The van der Waals surface area contributed by atoms with Crippen LogP contribution in [0.15, 0.2) is 25.3 Å². The lowest BCUT2D eigenvalue weighted by molar-refractivity contribution is 0.0508. The molecule has 0 aromatic heterocycles. The second-order valence-electron chi connectivity index (χ2n) is 1.87. The second kappa shape index (κ2) is 4.51. The summed E-state index contributed by atoms with van der Waals surface area (Å²) < 4.78 is 0. The van der Waals surface area contributed by atoms with Gasteiger partial charge >= 0.3 is 6.09 Å². The van der Waals surface area contributed by atoms with Crippen LogP contribution in [0.1, 0.15) is 0 Å².